The molecule has 0 aromatic heterocycles. The Morgan fingerprint density at radius 2 is 1.88 bits per heavy atom. The van der Waals surface area contributed by atoms with Gasteiger partial charge < -0.3 is 0 Å². The van der Waals surface area contributed by atoms with Crippen molar-refractivity contribution in [2.24, 2.45) is 0 Å². The van der Waals surface area contributed by atoms with E-state index in [1.807, 2.05) is 24.3 Å². The maximum Gasteiger partial charge on any atom is 0.0727 e. The van der Waals surface area contributed by atoms with E-state index in [1.54, 1.807) is 0 Å². The molecule has 0 spiro atoms. The first kappa shape index (κ1) is 6.04. The van der Waals surface area contributed by atoms with E-state index in [1.165, 1.54) is 0 Å². The Bertz CT molecular complexity index is 165. The van der Waals surface area contributed by atoms with Crippen LogP contribution in [-0.4, -0.2) is 10.2 Å². The van der Waals surface area contributed by atoms with Crippen LogP contribution in [0.1, 0.15) is 0 Å². The summed E-state index contributed by atoms with van der Waals surface area (Å²) in [5.74, 6) is 0. The van der Waals surface area contributed by atoms with Crippen LogP contribution in [0, 0.1) is 0 Å². The second-order valence-corrected chi connectivity index (χ2v) is 2.87. The molecule has 3 radical (unpaired) electrons. The molecule has 1 aromatic rings. The monoisotopic (exact) mass is 183 g/mol. The Kier molecular flexibility index (Phi) is 1.86. The fourth-order valence-corrected chi connectivity index (χ4v) is 0.926. The number of benzene rings is 1. The second kappa shape index (κ2) is 2.46. The van der Waals surface area contributed by atoms with Crippen molar-refractivity contribution in [3.05, 3.63) is 28.7 Å². The van der Waals surface area contributed by atoms with Crippen LogP contribution >= 0.6 is 15.9 Å². The molecule has 0 atom stereocenters. The van der Waals surface area contributed by atoms with E-state index in [-0.39, 0.29) is 0 Å². The molecular formula is C6H4BrSi. The summed E-state index contributed by atoms with van der Waals surface area (Å²) in [6.45, 7) is 0. The van der Waals surface area contributed by atoms with E-state index in [0.29, 0.717) is 0 Å². The molecule has 0 aliphatic heterocycles. The molecule has 8 heavy (non-hydrogen) atoms. The van der Waals surface area contributed by atoms with Crippen LogP contribution in [0.3, 0.4) is 0 Å². The lowest BCUT2D eigenvalue weighted by molar-refractivity contribution is 1.72. The van der Waals surface area contributed by atoms with E-state index in [4.69, 9.17) is 0 Å². The molecule has 39 valence electrons. The molecule has 0 bridgehead atoms. The van der Waals surface area contributed by atoms with Gasteiger partial charge in [0, 0.05) is 4.47 Å². The van der Waals surface area contributed by atoms with Gasteiger partial charge in [0.1, 0.15) is 0 Å². The highest BCUT2D eigenvalue weighted by atomic mass is 79.9. The lowest BCUT2D eigenvalue weighted by Crippen LogP contribution is -2.01. The highest BCUT2D eigenvalue weighted by Gasteiger charge is 1.86. The van der Waals surface area contributed by atoms with Gasteiger partial charge in [-0.3, -0.25) is 0 Å². The average molecular weight is 184 g/mol. The summed E-state index contributed by atoms with van der Waals surface area (Å²) in [5.41, 5.74) is 0. The zero-order valence-corrected chi connectivity index (χ0v) is 6.77. The highest BCUT2D eigenvalue weighted by Crippen LogP contribution is 2.02. The maximum atomic E-state index is 3.40. The summed E-state index contributed by atoms with van der Waals surface area (Å²) in [4.78, 5) is 0. The topological polar surface area (TPSA) is 0 Å². The van der Waals surface area contributed by atoms with Crippen LogP contribution < -0.4 is 5.19 Å². The molecule has 0 unspecified atom stereocenters. The van der Waals surface area contributed by atoms with Crippen LogP contribution in [0.15, 0.2) is 28.7 Å². The van der Waals surface area contributed by atoms with Crippen LogP contribution in [0.5, 0.6) is 0 Å². The van der Waals surface area contributed by atoms with Crippen molar-refractivity contribution in [1.29, 1.82) is 0 Å². The third-order valence-corrected chi connectivity index (χ3v) is 2.37. The molecule has 0 saturated heterocycles. The SMILES string of the molecule is [Si]c1ccccc1Br. The van der Waals surface area contributed by atoms with E-state index in [0.717, 1.165) is 9.66 Å². The first-order valence-corrected chi connectivity index (χ1v) is 3.56. The minimum Gasteiger partial charge on any atom is -0.0627 e. The molecule has 0 aliphatic rings. The van der Waals surface area contributed by atoms with Gasteiger partial charge in [-0.15, -0.1) is 0 Å². The third kappa shape index (κ3) is 1.20. The summed E-state index contributed by atoms with van der Waals surface area (Å²) in [6, 6.07) is 7.93. The number of hydrogen-bond donors (Lipinski definition) is 0. The van der Waals surface area contributed by atoms with Gasteiger partial charge in [0.05, 0.1) is 10.2 Å². The summed E-state index contributed by atoms with van der Waals surface area (Å²) < 4.78 is 1.09. The van der Waals surface area contributed by atoms with Gasteiger partial charge >= 0.3 is 0 Å². The molecule has 0 nitrogen and oxygen atoms in total. The predicted molar refractivity (Wildman–Crippen MR) is 39.5 cm³/mol. The van der Waals surface area contributed by atoms with Crippen molar-refractivity contribution < 1.29 is 0 Å². The first-order chi connectivity index (χ1) is 3.80. The summed E-state index contributed by atoms with van der Waals surface area (Å²) in [6.07, 6.45) is 0. The Labute approximate surface area is 60.5 Å². The minimum absolute atomic E-state index is 1.09. The third-order valence-electron chi connectivity index (χ3n) is 0.874. The molecule has 0 saturated carbocycles. The van der Waals surface area contributed by atoms with E-state index < -0.39 is 0 Å². The van der Waals surface area contributed by atoms with E-state index in [2.05, 4.69) is 26.2 Å². The van der Waals surface area contributed by atoms with Crippen LogP contribution in [0.25, 0.3) is 0 Å². The summed E-state index contributed by atoms with van der Waals surface area (Å²) in [7, 11) is 3.40. The largest absolute Gasteiger partial charge is 0.0727 e. The Morgan fingerprint density at radius 1 is 1.25 bits per heavy atom. The molecular weight excluding hydrogens is 180 g/mol. The van der Waals surface area contributed by atoms with Crippen molar-refractivity contribution in [3.63, 3.8) is 0 Å². The van der Waals surface area contributed by atoms with E-state index >= 15 is 0 Å². The summed E-state index contributed by atoms with van der Waals surface area (Å²) >= 11 is 3.35. The quantitative estimate of drug-likeness (QED) is 0.532. The molecule has 2 heteroatoms. The van der Waals surface area contributed by atoms with Crippen molar-refractivity contribution in [2.75, 3.05) is 0 Å². The number of hydrogen-bond acceptors (Lipinski definition) is 0. The van der Waals surface area contributed by atoms with Crippen LogP contribution in [-0.2, 0) is 0 Å². The molecule has 0 heterocycles. The minimum atomic E-state index is 1.09. The van der Waals surface area contributed by atoms with Gasteiger partial charge in [-0.1, -0.05) is 39.3 Å². The lowest BCUT2D eigenvalue weighted by Gasteiger charge is -1.91. The van der Waals surface area contributed by atoms with Crippen molar-refractivity contribution in [3.8, 4) is 0 Å². The number of rotatable bonds is 0. The smallest absolute Gasteiger partial charge is 0.0627 e. The molecule has 0 N–H and O–H groups in total. The van der Waals surface area contributed by atoms with Crippen molar-refractivity contribution >= 4 is 31.4 Å². The molecule has 0 aliphatic carbocycles. The van der Waals surface area contributed by atoms with E-state index in [9.17, 15) is 0 Å². The zero-order chi connectivity index (χ0) is 5.98. The summed E-state index contributed by atoms with van der Waals surface area (Å²) in [5, 5.41) is 1.09. The highest BCUT2D eigenvalue weighted by molar-refractivity contribution is 9.10. The zero-order valence-electron chi connectivity index (χ0n) is 4.19. The second-order valence-electron chi connectivity index (χ2n) is 1.48. The fraction of sp³-hybridized carbons (Fsp3) is 0. The Balaban J connectivity index is 3.13. The Morgan fingerprint density at radius 3 is 2.25 bits per heavy atom. The van der Waals surface area contributed by atoms with Gasteiger partial charge in [0.2, 0.25) is 0 Å². The van der Waals surface area contributed by atoms with Crippen LogP contribution in [0.2, 0.25) is 0 Å². The molecule has 1 aromatic carbocycles. The van der Waals surface area contributed by atoms with Crippen molar-refractivity contribution in [2.45, 2.75) is 0 Å². The average Bonchev–Trinajstić information content (AvgIpc) is 1.77. The predicted octanol–water partition coefficient (Wildman–Crippen LogP) is 1.24. The molecule has 1 rings (SSSR count). The van der Waals surface area contributed by atoms with Gasteiger partial charge in [0.25, 0.3) is 0 Å². The standard InChI is InChI=1S/C6H4BrSi/c7-5-3-1-2-4-6(5)8/h1-4H. The van der Waals surface area contributed by atoms with Gasteiger partial charge in [-0.2, -0.15) is 0 Å². The molecule has 0 fully saturated rings. The van der Waals surface area contributed by atoms with Gasteiger partial charge in [-0.25, -0.2) is 0 Å². The van der Waals surface area contributed by atoms with Gasteiger partial charge in [-0.05, 0) is 6.07 Å². The Hall–Kier alpha value is -0.0831. The first-order valence-electron chi connectivity index (χ1n) is 2.27. The lowest BCUT2D eigenvalue weighted by atomic mass is 10.4. The van der Waals surface area contributed by atoms with Crippen molar-refractivity contribution in [1.82, 2.24) is 0 Å². The van der Waals surface area contributed by atoms with Crippen LogP contribution in [0.4, 0.5) is 0 Å². The maximum absolute atomic E-state index is 3.40. The normalized spacial score (nSPS) is 9.25. The van der Waals surface area contributed by atoms with Gasteiger partial charge in [0.15, 0.2) is 0 Å². The molecule has 0 amide bonds. The number of halogens is 1. The fourth-order valence-electron chi connectivity index (χ4n) is 0.461.